The Morgan fingerprint density at radius 2 is 1.50 bits per heavy atom. The van der Waals surface area contributed by atoms with Crippen molar-refractivity contribution in [2.45, 2.75) is 39.8 Å². The summed E-state index contributed by atoms with van der Waals surface area (Å²) in [7, 11) is 1.81. The quantitative estimate of drug-likeness (QED) is 0.566. The summed E-state index contributed by atoms with van der Waals surface area (Å²) < 4.78 is 0. The maximum Gasteiger partial charge on any atom is 0.282 e. The van der Waals surface area contributed by atoms with Crippen LogP contribution in [-0.4, -0.2) is 43.4 Å². The summed E-state index contributed by atoms with van der Waals surface area (Å²) in [6, 6.07) is 6.57. The van der Waals surface area contributed by atoms with Crippen LogP contribution in [0.15, 0.2) is 24.3 Å². The molecule has 0 spiro atoms. The van der Waals surface area contributed by atoms with Gasteiger partial charge in [-0.3, -0.25) is 14.4 Å². The monoisotopic (exact) mass is 335 g/mol. The van der Waals surface area contributed by atoms with Crippen LogP contribution in [0, 0.1) is 0 Å². The van der Waals surface area contributed by atoms with Crippen molar-refractivity contribution in [3.05, 3.63) is 24.3 Å². The van der Waals surface area contributed by atoms with Crippen molar-refractivity contribution in [2.24, 2.45) is 0 Å². The van der Waals surface area contributed by atoms with E-state index < -0.39 is 0 Å². The van der Waals surface area contributed by atoms with E-state index in [1.165, 1.54) is 6.92 Å². The van der Waals surface area contributed by atoms with Crippen molar-refractivity contribution >= 4 is 29.1 Å². The number of rotatable bonds is 7. The number of anilines is 2. The Hall–Kier alpha value is -2.41. The Kier molecular flexibility index (Phi) is 7.38. The van der Waals surface area contributed by atoms with Gasteiger partial charge in [-0.25, -0.2) is 0 Å². The molecule has 1 aromatic rings. The molecule has 24 heavy (non-hydrogen) atoms. The molecule has 0 aliphatic heterocycles. The van der Waals surface area contributed by atoms with Crippen LogP contribution in [-0.2, 0) is 14.4 Å². The molecular weight excluding hydrogens is 308 g/mol. The Labute approximate surface area is 142 Å². The molecule has 0 saturated carbocycles. The minimum atomic E-state index is -0.377. The van der Waals surface area contributed by atoms with Crippen molar-refractivity contribution in [1.82, 2.24) is 5.32 Å². The second-order valence-corrected chi connectivity index (χ2v) is 6.21. The zero-order valence-electron chi connectivity index (χ0n) is 14.9. The van der Waals surface area contributed by atoms with E-state index in [0.29, 0.717) is 11.4 Å². The summed E-state index contributed by atoms with van der Waals surface area (Å²) in [5, 5.41) is 8.29. The van der Waals surface area contributed by atoms with Crippen LogP contribution in [0.4, 0.5) is 11.4 Å². The Bertz CT molecular complexity index is 584. The molecule has 4 N–H and O–H groups in total. The predicted octanol–water partition coefficient (Wildman–Crippen LogP) is 0.0113. The number of carbonyl (C=O) groups is 3. The lowest BCUT2D eigenvalue weighted by Gasteiger charge is -2.21. The summed E-state index contributed by atoms with van der Waals surface area (Å²) in [6.45, 7) is 7.24. The molecule has 1 rings (SSSR count). The molecule has 132 valence electrons. The van der Waals surface area contributed by atoms with Gasteiger partial charge in [0.15, 0.2) is 12.6 Å². The molecule has 7 heteroatoms. The minimum absolute atomic E-state index is 0.0801. The summed E-state index contributed by atoms with van der Waals surface area (Å²) in [6.07, 6.45) is 0. The van der Waals surface area contributed by atoms with Crippen LogP contribution in [0.25, 0.3) is 0 Å². The second kappa shape index (κ2) is 9.02. The molecule has 0 bridgehead atoms. The normalized spacial score (nSPS) is 13.1. The molecule has 0 radical (unpaired) electrons. The lowest BCUT2D eigenvalue weighted by atomic mass is 10.2. The fourth-order valence-electron chi connectivity index (χ4n) is 2.09. The zero-order valence-corrected chi connectivity index (χ0v) is 14.9. The van der Waals surface area contributed by atoms with Crippen molar-refractivity contribution in [3.63, 3.8) is 0 Å². The molecule has 0 fully saturated rings. The number of quaternary nitrogens is 1. The number of nitrogens with one attached hydrogen (secondary N) is 4. The van der Waals surface area contributed by atoms with E-state index >= 15 is 0 Å². The van der Waals surface area contributed by atoms with E-state index in [-0.39, 0.29) is 36.3 Å². The number of hydrogen-bond donors (Lipinski definition) is 4. The number of benzene rings is 1. The topological polar surface area (TPSA) is 91.7 Å². The van der Waals surface area contributed by atoms with Crippen LogP contribution in [0.3, 0.4) is 0 Å². The molecule has 2 atom stereocenters. The molecule has 7 nitrogen and oxygen atoms in total. The average Bonchev–Trinajstić information content (AvgIpc) is 2.46. The van der Waals surface area contributed by atoms with Gasteiger partial charge in [0, 0.05) is 24.3 Å². The standard InChI is InChI=1S/C17H26N4O3/c1-11(2)18-16(23)10-21(5)12(3)17(24)20-15-8-6-14(7-9-15)19-13(4)22/h6-9,11-12H,10H2,1-5H3,(H,18,23)(H,19,22)(H,20,24)/p+1/t12-/m1/s1. The van der Waals surface area contributed by atoms with Crippen molar-refractivity contribution in [3.8, 4) is 0 Å². The fourth-order valence-corrected chi connectivity index (χ4v) is 2.09. The summed E-state index contributed by atoms with van der Waals surface area (Å²) >= 11 is 0. The van der Waals surface area contributed by atoms with E-state index in [2.05, 4.69) is 16.0 Å². The van der Waals surface area contributed by atoms with Gasteiger partial charge in [0.25, 0.3) is 11.8 Å². The fraction of sp³-hybridized carbons (Fsp3) is 0.471. The first-order chi connectivity index (χ1) is 11.2. The molecule has 1 aromatic carbocycles. The third-order valence-electron chi connectivity index (χ3n) is 3.49. The zero-order chi connectivity index (χ0) is 18.3. The van der Waals surface area contributed by atoms with E-state index in [9.17, 15) is 14.4 Å². The molecule has 0 aromatic heterocycles. The first-order valence-electron chi connectivity index (χ1n) is 7.99. The minimum Gasteiger partial charge on any atom is -0.349 e. The number of amides is 3. The van der Waals surface area contributed by atoms with Gasteiger partial charge >= 0.3 is 0 Å². The van der Waals surface area contributed by atoms with Crippen molar-refractivity contribution in [1.29, 1.82) is 0 Å². The summed E-state index contributed by atoms with van der Waals surface area (Å²) in [5.74, 6) is -0.399. The number of carbonyl (C=O) groups excluding carboxylic acids is 3. The molecule has 0 aliphatic carbocycles. The smallest absolute Gasteiger partial charge is 0.282 e. The summed E-state index contributed by atoms with van der Waals surface area (Å²) in [5.41, 5.74) is 1.31. The summed E-state index contributed by atoms with van der Waals surface area (Å²) in [4.78, 5) is 35.8. The molecule has 0 saturated heterocycles. The molecule has 3 amide bonds. The highest BCUT2D eigenvalue weighted by atomic mass is 16.2. The molecule has 1 unspecified atom stereocenters. The van der Waals surface area contributed by atoms with Crippen LogP contribution >= 0.6 is 0 Å². The van der Waals surface area contributed by atoms with E-state index in [1.807, 2.05) is 20.9 Å². The third kappa shape index (κ3) is 6.78. The van der Waals surface area contributed by atoms with Crippen LogP contribution < -0.4 is 20.9 Å². The van der Waals surface area contributed by atoms with Gasteiger partial charge < -0.3 is 20.9 Å². The first-order valence-corrected chi connectivity index (χ1v) is 7.99. The third-order valence-corrected chi connectivity index (χ3v) is 3.49. The molecular formula is C17H27N4O3+. The van der Waals surface area contributed by atoms with Crippen molar-refractivity contribution in [2.75, 3.05) is 24.2 Å². The first kappa shape index (κ1) is 19.6. The van der Waals surface area contributed by atoms with Crippen LogP contribution in [0.5, 0.6) is 0 Å². The van der Waals surface area contributed by atoms with E-state index in [1.54, 1.807) is 31.2 Å². The van der Waals surface area contributed by atoms with Gasteiger partial charge in [0.2, 0.25) is 5.91 Å². The number of hydrogen-bond acceptors (Lipinski definition) is 3. The Morgan fingerprint density at radius 3 is 1.96 bits per heavy atom. The lowest BCUT2D eigenvalue weighted by Crippen LogP contribution is -3.15. The average molecular weight is 335 g/mol. The Balaban J connectivity index is 2.56. The molecule has 0 heterocycles. The highest BCUT2D eigenvalue weighted by Gasteiger charge is 2.24. The Morgan fingerprint density at radius 1 is 1.00 bits per heavy atom. The van der Waals surface area contributed by atoms with E-state index in [0.717, 1.165) is 4.90 Å². The van der Waals surface area contributed by atoms with Gasteiger partial charge in [-0.15, -0.1) is 0 Å². The van der Waals surface area contributed by atoms with Crippen molar-refractivity contribution < 1.29 is 19.3 Å². The highest BCUT2D eigenvalue weighted by molar-refractivity contribution is 5.94. The predicted molar refractivity (Wildman–Crippen MR) is 93.9 cm³/mol. The maximum absolute atomic E-state index is 12.3. The molecule has 0 aliphatic rings. The van der Waals surface area contributed by atoms with Gasteiger partial charge in [-0.05, 0) is 45.0 Å². The lowest BCUT2D eigenvalue weighted by molar-refractivity contribution is -0.885. The number of likely N-dealkylation sites (N-methyl/N-ethyl adjacent to an activating group) is 1. The van der Waals surface area contributed by atoms with Crippen LogP contribution in [0.1, 0.15) is 27.7 Å². The van der Waals surface area contributed by atoms with Crippen LogP contribution in [0.2, 0.25) is 0 Å². The van der Waals surface area contributed by atoms with Gasteiger partial charge in [-0.2, -0.15) is 0 Å². The van der Waals surface area contributed by atoms with E-state index in [4.69, 9.17) is 0 Å². The van der Waals surface area contributed by atoms with Gasteiger partial charge in [0.1, 0.15) is 0 Å². The van der Waals surface area contributed by atoms with Gasteiger partial charge in [-0.1, -0.05) is 0 Å². The van der Waals surface area contributed by atoms with Gasteiger partial charge in [0.05, 0.1) is 7.05 Å². The highest BCUT2D eigenvalue weighted by Crippen LogP contribution is 2.13. The SMILES string of the molecule is CC(=O)Nc1ccc(NC(=O)[C@@H](C)[NH+](C)CC(=O)NC(C)C)cc1. The largest absolute Gasteiger partial charge is 0.349 e. The second-order valence-electron chi connectivity index (χ2n) is 6.21. The maximum atomic E-state index is 12.3.